The molecule has 1 aromatic rings. The van der Waals surface area contributed by atoms with E-state index in [0.29, 0.717) is 18.5 Å². The summed E-state index contributed by atoms with van der Waals surface area (Å²) >= 11 is 0. The number of aromatic nitrogens is 2. The fourth-order valence-corrected chi connectivity index (χ4v) is 2.74. The van der Waals surface area contributed by atoms with Crippen molar-refractivity contribution in [3.8, 4) is 0 Å². The highest BCUT2D eigenvalue weighted by molar-refractivity contribution is 5.97. The monoisotopic (exact) mass is 262 g/mol. The number of nitrogens with zero attached hydrogens (tertiary/aromatic N) is 2. The van der Waals surface area contributed by atoms with Gasteiger partial charge in [-0.3, -0.25) is 14.6 Å². The predicted octanol–water partition coefficient (Wildman–Crippen LogP) is 2.17. The molecule has 5 nitrogen and oxygen atoms in total. The Labute approximate surface area is 112 Å². The molecule has 0 unspecified atom stereocenters. The minimum absolute atomic E-state index is 0.139. The van der Waals surface area contributed by atoms with Gasteiger partial charge in [0, 0.05) is 18.8 Å². The number of carbonyl (C=O) groups is 2. The second-order valence-corrected chi connectivity index (χ2v) is 5.02. The molecule has 0 atom stereocenters. The number of rotatable bonds is 4. The molecule has 0 spiro atoms. The quantitative estimate of drug-likeness (QED) is 0.614. The lowest BCUT2D eigenvalue weighted by Gasteiger charge is -2.33. The van der Waals surface area contributed by atoms with Crippen molar-refractivity contribution < 1.29 is 14.3 Å². The summed E-state index contributed by atoms with van der Waals surface area (Å²) < 4.78 is 4.90. The molecule has 0 amide bonds. The highest BCUT2D eigenvalue weighted by Crippen LogP contribution is 2.41. The topological polar surface area (TPSA) is 69.2 Å². The summed E-state index contributed by atoms with van der Waals surface area (Å²) in [5, 5.41) is 0. The molecule has 0 N–H and O–H groups in total. The number of methoxy groups -OCH3 is 1. The fraction of sp³-hybridized carbons (Fsp3) is 0.571. The molecule has 0 radical (unpaired) electrons. The van der Waals surface area contributed by atoms with Gasteiger partial charge < -0.3 is 4.74 Å². The molecule has 0 bridgehead atoms. The van der Waals surface area contributed by atoms with Gasteiger partial charge in [-0.1, -0.05) is 19.3 Å². The van der Waals surface area contributed by atoms with E-state index in [4.69, 9.17) is 4.74 Å². The molecule has 1 aromatic heterocycles. The summed E-state index contributed by atoms with van der Waals surface area (Å²) in [6.45, 7) is 0. The molecule has 2 rings (SSSR count). The van der Waals surface area contributed by atoms with E-state index in [9.17, 15) is 9.59 Å². The third kappa shape index (κ3) is 2.97. The van der Waals surface area contributed by atoms with Crippen LogP contribution in [0, 0.1) is 5.41 Å². The average molecular weight is 262 g/mol. The number of ether oxygens (including phenoxy) is 1. The van der Waals surface area contributed by atoms with Crippen LogP contribution in [0.25, 0.3) is 0 Å². The number of hydrogen-bond donors (Lipinski definition) is 0. The van der Waals surface area contributed by atoms with Gasteiger partial charge in [-0.05, 0) is 12.8 Å². The van der Waals surface area contributed by atoms with Crippen LogP contribution in [0.1, 0.15) is 49.0 Å². The highest BCUT2D eigenvalue weighted by atomic mass is 16.5. The number of carbonyl (C=O) groups excluding carboxylic acids is 2. The Kier molecular flexibility index (Phi) is 4.24. The molecule has 102 valence electrons. The largest absolute Gasteiger partial charge is 0.469 e. The standard InChI is InChI=1S/C14H18N2O3/c1-19-13(18)14(5-3-2-4-6-14)9-12(17)11-10-15-7-8-16-11/h7-8,10H,2-6,9H2,1H3. The number of hydrogen-bond acceptors (Lipinski definition) is 5. The van der Waals surface area contributed by atoms with E-state index in [-0.39, 0.29) is 18.2 Å². The number of Topliss-reactive ketones (excluding diaryl/α,β-unsaturated/α-hetero) is 1. The molecular weight excluding hydrogens is 244 g/mol. The van der Waals surface area contributed by atoms with Crippen LogP contribution in [0.2, 0.25) is 0 Å². The Morgan fingerprint density at radius 1 is 1.26 bits per heavy atom. The van der Waals surface area contributed by atoms with Crippen LogP contribution in [0.4, 0.5) is 0 Å². The molecule has 0 aromatic carbocycles. The van der Waals surface area contributed by atoms with Crippen molar-refractivity contribution in [1.82, 2.24) is 9.97 Å². The SMILES string of the molecule is COC(=O)C1(CC(=O)c2cnccn2)CCCCC1. The summed E-state index contributed by atoms with van der Waals surface area (Å²) in [7, 11) is 1.38. The maximum absolute atomic E-state index is 12.2. The lowest BCUT2D eigenvalue weighted by molar-refractivity contribution is -0.154. The van der Waals surface area contributed by atoms with Crippen LogP contribution in [0.15, 0.2) is 18.6 Å². The van der Waals surface area contributed by atoms with E-state index in [0.717, 1.165) is 19.3 Å². The molecule has 0 saturated heterocycles. The van der Waals surface area contributed by atoms with Gasteiger partial charge in [0.05, 0.1) is 18.7 Å². The maximum atomic E-state index is 12.2. The van der Waals surface area contributed by atoms with Gasteiger partial charge in [0.25, 0.3) is 0 Å². The molecule has 1 heterocycles. The smallest absolute Gasteiger partial charge is 0.312 e. The van der Waals surface area contributed by atoms with Gasteiger partial charge in [-0.2, -0.15) is 0 Å². The molecule has 0 aliphatic heterocycles. The fourth-order valence-electron chi connectivity index (χ4n) is 2.74. The molecule has 1 fully saturated rings. The lowest BCUT2D eigenvalue weighted by atomic mass is 9.70. The van der Waals surface area contributed by atoms with Crippen molar-refractivity contribution >= 4 is 11.8 Å². The molecule has 1 aliphatic carbocycles. The normalized spacial score (nSPS) is 17.7. The van der Waals surface area contributed by atoms with Crippen molar-refractivity contribution in [2.45, 2.75) is 38.5 Å². The minimum Gasteiger partial charge on any atom is -0.469 e. The first-order valence-corrected chi connectivity index (χ1v) is 6.56. The maximum Gasteiger partial charge on any atom is 0.312 e. The summed E-state index contributed by atoms with van der Waals surface area (Å²) in [5.74, 6) is -0.412. The highest BCUT2D eigenvalue weighted by Gasteiger charge is 2.42. The zero-order valence-electron chi connectivity index (χ0n) is 11.1. The first kappa shape index (κ1) is 13.6. The first-order valence-electron chi connectivity index (χ1n) is 6.56. The van der Waals surface area contributed by atoms with E-state index in [2.05, 4.69) is 9.97 Å². The van der Waals surface area contributed by atoms with Crippen molar-refractivity contribution in [3.63, 3.8) is 0 Å². The summed E-state index contributed by atoms with van der Waals surface area (Å²) in [4.78, 5) is 32.2. The molecule has 1 saturated carbocycles. The molecule has 19 heavy (non-hydrogen) atoms. The van der Waals surface area contributed by atoms with Crippen LogP contribution in [-0.2, 0) is 9.53 Å². The van der Waals surface area contributed by atoms with Crippen molar-refractivity contribution in [2.24, 2.45) is 5.41 Å². The summed E-state index contributed by atoms with van der Waals surface area (Å²) in [6, 6.07) is 0. The Morgan fingerprint density at radius 3 is 2.58 bits per heavy atom. The van der Waals surface area contributed by atoms with Crippen molar-refractivity contribution in [3.05, 3.63) is 24.3 Å². The van der Waals surface area contributed by atoms with Crippen LogP contribution in [0.3, 0.4) is 0 Å². The Balaban J connectivity index is 2.17. The summed E-state index contributed by atoms with van der Waals surface area (Å²) in [6.07, 6.45) is 9.07. The van der Waals surface area contributed by atoms with Gasteiger partial charge >= 0.3 is 5.97 Å². The summed E-state index contributed by atoms with van der Waals surface area (Å²) in [5.41, 5.74) is -0.349. The second-order valence-electron chi connectivity index (χ2n) is 5.02. The van der Waals surface area contributed by atoms with Gasteiger partial charge in [-0.25, -0.2) is 4.98 Å². The van der Waals surface area contributed by atoms with Gasteiger partial charge in [0.2, 0.25) is 0 Å². The number of esters is 1. The third-order valence-corrected chi connectivity index (χ3v) is 3.78. The van der Waals surface area contributed by atoms with Crippen molar-refractivity contribution in [1.29, 1.82) is 0 Å². The van der Waals surface area contributed by atoms with Gasteiger partial charge in [-0.15, -0.1) is 0 Å². The lowest BCUT2D eigenvalue weighted by Crippen LogP contribution is -2.36. The van der Waals surface area contributed by atoms with E-state index >= 15 is 0 Å². The zero-order chi connectivity index (χ0) is 13.7. The Bertz CT molecular complexity index is 453. The molecular formula is C14H18N2O3. The molecule has 5 heteroatoms. The Morgan fingerprint density at radius 2 is 2.00 bits per heavy atom. The van der Waals surface area contributed by atoms with E-state index in [1.807, 2.05) is 0 Å². The van der Waals surface area contributed by atoms with Crippen LogP contribution in [0.5, 0.6) is 0 Å². The zero-order valence-corrected chi connectivity index (χ0v) is 11.1. The minimum atomic E-state index is -0.665. The molecule has 1 aliphatic rings. The van der Waals surface area contributed by atoms with Gasteiger partial charge in [0.1, 0.15) is 5.69 Å². The van der Waals surface area contributed by atoms with E-state index in [1.165, 1.54) is 25.7 Å². The van der Waals surface area contributed by atoms with Crippen LogP contribution in [-0.4, -0.2) is 28.8 Å². The van der Waals surface area contributed by atoms with Gasteiger partial charge in [0.15, 0.2) is 5.78 Å². The van der Waals surface area contributed by atoms with Crippen LogP contribution < -0.4 is 0 Å². The predicted molar refractivity (Wildman–Crippen MR) is 68.5 cm³/mol. The van der Waals surface area contributed by atoms with E-state index in [1.54, 1.807) is 0 Å². The Hall–Kier alpha value is -1.78. The second kappa shape index (κ2) is 5.91. The average Bonchev–Trinajstić information content (AvgIpc) is 2.48. The van der Waals surface area contributed by atoms with E-state index < -0.39 is 5.41 Å². The van der Waals surface area contributed by atoms with Crippen LogP contribution >= 0.6 is 0 Å². The number of ketones is 1. The first-order chi connectivity index (χ1) is 9.18. The van der Waals surface area contributed by atoms with Crippen molar-refractivity contribution in [2.75, 3.05) is 7.11 Å². The third-order valence-electron chi connectivity index (χ3n) is 3.78.